The number of carbonyl (C=O) groups is 2. The maximum atomic E-state index is 12.6. The molecule has 3 aromatic heterocycles. The molecule has 5 rings (SSSR count). The lowest BCUT2D eigenvalue weighted by atomic mass is 9.93. The molecule has 198 valence electrons. The van der Waals surface area contributed by atoms with Crippen molar-refractivity contribution >= 4 is 34.2 Å². The van der Waals surface area contributed by atoms with Gasteiger partial charge in [0, 0.05) is 34.7 Å². The number of nitrogens with one attached hydrogen (secondary N) is 1. The van der Waals surface area contributed by atoms with Crippen molar-refractivity contribution in [3.8, 4) is 16.9 Å². The zero-order chi connectivity index (χ0) is 27.7. The van der Waals surface area contributed by atoms with Gasteiger partial charge in [-0.2, -0.15) is 5.10 Å². The van der Waals surface area contributed by atoms with Crippen LogP contribution in [0.25, 0.3) is 28.0 Å². The average molecular weight is 524 g/mol. The Hall–Kier alpha value is -4.86. The first-order valence-electron chi connectivity index (χ1n) is 12.6. The molecule has 0 saturated carbocycles. The van der Waals surface area contributed by atoms with Crippen molar-refractivity contribution in [1.29, 1.82) is 0 Å². The highest BCUT2D eigenvalue weighted by atomic mass is 16.5. The zero-order valence-corrected chi connectivity index (χ0v) is 22.2. The van der Waals surface area contributed by atoms with Gasteiger partial charge < -0.3 is 15.6 Å². The lowest BCUT2D eigenvalue weighted by Gasteiger charge is -2.12. The average Bonchev–Trinajstić information content (AvgIpc) is 3.55. The summed E-state index contributed by atoms with van der Waals surface area (Å²) >= 11 is 0. The summed E-state index contributed by atoms with van der Waals surface area (Å²) in [4.78, 5) is 33.2. The van der Waals surface area contributed by atoms with E-state index in [-0.39, 0.29) is 23.5 Å². The molecule has 0 spiro atoms. The Labute approximate surface area is 225 Å². The molecule has 10 nitrogen and oxygen atoms in total. The summed E-state index contributed by atoms with van der Waals surface area (Å²) in [6, 6.07) is 16.3. The van der Waals surface area contributed by atoms with Crippen molar-refractivity contribution in [3.63, 3.8) is 0 Å². The molecule has 0 aliphatic carbocycles. The fourth-order valence-electron chi connectivity index (χ4n) is 4.18. The summed E-state index contributed by atoms with van der Waals surface area (Å²) in [5.41, 5.74) is 10.6. The first kappa shape index (κ1) is 25.8. The highest BCUT2D eigenvalue weighted by Gasteiger charge is 2.21. The number of amides is 1. The van der Waals surface area contributed by atoms with E-state index < -0.39 is 0 Å². The van der Waals surface area contributed by atoms with Crippen LogP contribution in [-0.4, -0.2) is 36.6 Å². The van der Waals surface area contributed by atoms with Crippen molar-refractivity contribution in [2.75, 3.05) is 11.1 Å². The SMILES string of the molecule is CCC(=O)c1ccc(-c2nn(-c3ccc(NC(=O)Cc4cc(C(C)(C)C)on4)cc3)c3ncnc(N)c23)cc1. The van der Waals surface area contributed by atoms with Crippen LogP contribution in [-0.2, 0) is 16.6 Å². The van der Waals surface area contributed by atoms with E-state index in [1.165, 1.54) is 6.33 Å². The number of hydrogen-bond donors (Lipinski definition) is 2. The number of rotatable bonds is 7. The topological polar surface area (TPSA) is 142 Å². The molecule has 0 aliphatic heterocycles. The molecule has 5 aromatic rings. The minimum absolute atomic E-state index is 0.0719. The molecule has 0 atom stereocenters. The van der Waals surface area contributed by atoms with Crippen LogP contribution in [0.1, 0.15) is 55.9 Å². The Morgan fingerprint density at radius 2 is 1.74 bits per heavy atom. The third-order valence-electron chi connectivity index (χ3n) is 6.33. The molecule has 3 N–H and O–H groups in total. The highest BCUT2D eigenvalue weighted by Crippen LogP contribution is 2.32. The van der Waals surface area contributed by atoms with Crippen molar-refractivity contribution in [3.05, 3.63) is 77.9 Å². The van der Waals surface area contributed by atoms with E-state index in [9.17, 15) is 9.59 Å². The molecule has 3 heterocycles. The molecule has 39 heavy (non-hydrogen) atoms. The predicted octanol–water partition coefficient (Wildman–Crippen LogP) is 5.12. The molecule has 0 saturated heterocycles. The molecular formula is C29H29N7O3. The minimum Gasteiger partial charge on any atom is -0.383 e. The van der Waals surface area contributed by atoms with E-state index in [4.69, 9.17) is 15.4 Å². The van der Waals surface area contributed by atoms with Gasteiger partial charge in [0.25, 0.3) is 0 Å². The summed E-state index contributed by atoms with van der Waals surface area (Å²) in [6.07, 6.45) is 1.94. The summed E-state index contributed by atoms with van der Waals surface area (Å²) in [6.45, 7) is 7.91. The quantitative estimate of drug-likeness (QED) is 0.280. The van der Waals surface area contributed by atoms with Crippen LogP contribution in [0.4, 0.5) is 11.5 Å². The second-order valence-corrected chi connectivity index (χ2v) is 10.3. The van der Waals surface area contributed by atoms with Gasteiger partial charge in [0.1, 0.15) is 23.6 Å². The molecular weight excluding hydrogens is 494 g/mol. The maximum Gasteiger partial charge on any atom is 0.230 e. The number of fused-ring (bicyclic) bond motifs is 1. The number of ketones is 1. The van der Waals surface area contributed by atoms with Gasteiger partial charge in [0.2, 0.25) is 5.91 Å². The van der Waals surface area contributed by atoms with E-state index in [0.717, 1.165) is 17.0 Å². The molecule has 10 heteroatoms. The number of benzene rings is 2. The number of Topliss-reactive ketones (excluding diaryl/α,β-unsaturated/α-hetero) is 1. The second kappa shape index (κ2) is 10.1. The largest absolute Gasteiger partial charge is 0.383 e. The lowest BCUT2D eigenvalue weighted by molar-refractivity contribution is -0.115. The molecule has 0 radical (unpaired) electrons. The van der Waals surface area contributed by atoms with E-state index in [1.807, 2.05) is 58.0 Å². The van der Waals surface area contributed by atoms with Gasteiger partial charge >= 0.3 is 0 Å². The maximum absolute atomic E-state index is 12.6. The molecule has 0 aliphatic rings. The van der Waals surface area contributed by atoms with E-state index in [2.05, 4.69) is 20.4 Å². The third kappa shape index (κ3) is 5.26. The van der Waals surface area contributed by atoms with Crippen molar-refractivity contribution in [2.45, 2.75) is 46.0 Å². The Bertz CT molecular complexity index is 1660. The molecule has 2 aromatic carbocycles. The van der Waals surface area contributed by atoms with Gasteiger partial charge in [-0.1, -0.05) is 57.1 Å². The van der Waals surface area contributed by atoms with Gasteiger partial charge in [0.05, 0.1) is 23.2 Å². The third-order valence-corrected chi connectivity index (χ3v) is 6.33. The summed E-state index contributed by atoms with van der Waals surface area (Å²) < 4.78 is 7.05. The van der Waals surface area contributed by atoms with Gasteiger partial charge in [-0.05, 0) is 24.3 Å². The Morgan fingerprint density at radius 3 is 2.38 bits per heavy atom. The summed E-state index contributed by atoms with van der Waals surface area (Å²) in [5, 5.41) is 12.3. The van der Waals surface area contributed by atoms with E-state index >= 15 is 0 Å². The number of nitrogens with two attached hydrogens (primary N) is 1. The monoisotopic (exact) mass is 523 g/mol. The van der Waals surface area contributed by atoms with Crippen molar-refractivity contribution < 1.29 is 14.1 Å². The van der Waals surface area contributed by atoms with E-state index in [0.29, 0.717) is 45.9 Å². The summed E-state index contributed by atoms with van der Waals surface area (Å²) in [7, 11) is 0. The van der Waals surface area contributed by atoms with Crippen LogP contribution in [0.5, 0.6) is 0 Å². The summed E-state index contributed by atoms with van der Waals surface area (Å²) in [5.74, 6) is 0.910. The fraction of sp³-hybridized carbons (Fsp3) is 0.241. The number of hydrogen-bond acceptors (Lipinski definition) is 8. The molecule has 0 fully saturated rings. The first-order valence-corrected chi connectivity index (χ1v) is 12.6. The van der Waals surface area contributed by atoms with Crippen LogP contribution in [0.15, 0.2) is 65.4 Å². The molecule has 0 unspecified atom stereocenters. The van der Waals surface area contributed by atoms with Crippen molar-refractivity contribution in [1.82, 2.24) is 24.9 Å². The van der Waals surface area contributed by atoms with Crippen LogP contribution < -0.4 is 11.1 Å². The van der Waals surface area contributed by atoms with Crippen LogP contribution in [0.2, 0.25) is 0 Å². The van der Waals surface area contributed by atoms with Crippen LogP contribution in [0.3, 0.4) is 0 Å². The highest BCUT2D eigenvalue weighted by molar-refractivity contribution is 6.00. The fourth-order valence-corrected chi connectivity index (χ4v) is 4.18. The van der Waals surface area contributed by atoms with Crippen LogP contribution >= 0.6 is 0 Å². The van der Waals surface area contributed by atoms with Gasteiger partial charge in [-0.25, -0.2) is 14.6 Å². The Balaban J connectivity index is 1.39. The number of nitrogens with zero attached hydrogens (tertiary/aromatic N) is 5. The van der Waals surface area contributed by atoms with E-state index in [1.54, 1.807) is 28.9 Å². The number of nitrogen functional groups attached to an aromatic ring is 1. The number of anilines is 2. The van der Waals surface area contributed by atoms with Crippen molar-refractivity contribution in [2.24, 2.45) is 0 Å². The molecule has 0 bridgehead atoms. The smallest absolute Gasteiger partial charge is 0.230 e. The standard InChI is InChI=1S/C29H29N7O3/c1-5-22(37)17-6-8-18(9-7-17)26-25-27(30)31-16-32-28(25)36(34-26)21-12-10-19(11-13-21)33-24(38)15-20-14-23(39-35-20)29(2,3)4/h6-14,16H,5,15H2,1-4H3,(H,33,38)(H2,30,31,32). The van der Waals surface area contributed by atoms with Gasteiger partial charge in [-0.3, -0.25) is 9.59 Å². The van der Waals surface area contributed by atoms with Gasteiger partial charge in [0.15, 0.2) is 11.4 Å². The normalized spacial score (nSPS) is 11.6. The molecule has 1 amide bonds. The van der Waals surface area contributed by atoms with Gasteiger partial charge in [-0.15, -0.1) is 0 Å². The minimum atomic E-state index is -0.200. The predicted molar refractivity (Wildman–Crippen MR) is 149 cm³/mol. The Morgan fingerprint density at radius 1 is 1.03 bits per heavy atom. The Kier molecular flexibility index (Phi) is 6.69. The first-order chi connectivity index (χ1) is 18.6. The number of aromatic nitrogens is 5. The van der Waals surface area contributed by atoms with Crippen LogP contribution in [0, 0.1) is 0 Å². The second-order valence-electron chi connectivity index (χ2n) is 10.3. The number of carbonyl (C=O) groups excluding carboxylic acids is 2. The lowest BCUT2D eigenvalue weighted by Crippen LogP contribution is -2.14. The zero-order valence-electron chi connectivity index (χ0n) is 22.2.